The van der Waals surface area contributed by atoms with Crippen molar-refractivity contribution >= 4 is 11.3 Å². The smallest absolute Gasteiger partial charge is 0.244 e. The van der Waals surface area contributed by atoms with Crippen LogP contribution in [0.5, 0.6) is 11.6 Å². The van der Waals surface area contributed by atoms with Gasteiger partial charge in [-0.15, -0.1) is 16.4 Å². The molecule has 0 saturated heterocycles. The molecule has 2 aromatic heterocycles. The molecule has 0 aliphatic carbocycles. The minimum Gasteiger partial charge on any atom is -0.494 e. The van der Waals surface area contributed by atoms with Crippen molar-refractivity contribution in [2.75, 3.05) is 6.61 Å². The van der Waals surface area contributed by atoms with Gasteiger partial charge in [0.25, 0.3) is 0 Å². The molecule has 1 aliphatic rings. The van der Waals surface area contributed by atoms with Crippen LogP contribution in [-0.2, 0) is 0 Å². The molecule has 4 rings (SSSR count). The fourth-order valence-corrected chi connectivity index (χ4v) is 4.36. The topological polar surface area (TPSA) is 97.0 Å². The molecule has 0 fully saturated rings. The molecule has 1 atom stereocenters. The monoisotopic (exact) mass is 378 g/mol. The molecule has 7 heteroatoms. The first-order valence-corrected chi connectivity index (χ1v) is 9.45. The summed E-state index contributed by atoms with van der Waals surface area (Å²) in [5.74, 6) is 0.961. The van der Waals surface area contributed by atoms with E-state index in [1.807, 2.05) is 49.6 Å². The molecule has 27 heavy (non-hydrogen) atoms. The van der Waals surface area contributed by atoms with Crippen LogP contribution in [0.15, 0.2) is 47.2 Å². The lowest BCUT2D eigenvalue weighted by atomic mass is 9.86. The number of H-pyrrole nitrogens is 1. The molecule has 136 valence electrons. The van der Waals surface area contributed by atoms with Crippen LogP contribution in [-0.4, -0.2) is 16.8 Å². The number of nitrogens with zero attached hydrogens (tertiary/aromatic N) is 2. The van der Waals surface area contributed by atoms with E-state index in [1.54, 1.807) is 11.3 Å². The predicted octanol–water partition coefficient (Wildman–Crippen LogP) is 4.06. The number of aromatic nitrogens is 2. The van der Waals surface area contributed by atoms with Crippen LogP contribution in [0.2, 0.25) is 0 Å². The van der Waals surface area contributed by atoms with Gasteiger partial charge in [-0.1, -0.05) is 12.1 Å². The molecule has 0 spiro atoms. The van der Waals surface area contributed by atoms with E-state index in [1.165, 1.54) is 0 Å². The van der Waals surface area contributed by atoms with Gasteiger partial charge < -0.3 is 15.2 Å². The lowest BCUT2D eigenvalue weighted by Gasteiger charge is -2.23. The summed E-state index contributed by atoms with van der Waals surface area (Å²) in [5.41, 5.74) is 10.1. The standard InChI is InChI=1S/C20H18N4O2S/c1-3-25-13-6-4-5-12(9-13)17-16-15(18-11(2)7-8-27-18)14(10-21)19(22)26-20(16)24-23-17/h4-9,15H,3,22H2,1-2H3,(H,23,24). The quantitative estimate of drug-likeness (QED) is 0.713. The van der Waals surface area contributed by atoms with Crippen LogP contribution >= 0.6 is 11.3 Å². The van der Waals surface area contributed by atoms with Crippen molar-refractivity contribution in [1.82, 2.24) is 10.2 Å². The van der Waals surface area contributed by atoms with Gasteiger partial charge in [0.2, 0.25) is 11.8 Å². The van der Waals surface area contributed by atoms with Gasteiger partial charge in [-0.3, -0.25) is 5.10 Å². The molecular weight excluding hydrogens is 360 g/mol. The van der Waals surface area contributed by atoms with Gasteiger partial charge in [0.15, 0.2) is 0 Å². The number of fused-ring (bicyclic) bond motifs is 1. The van der Waals surface area contributed by atoms with E-state index >= 15 is 0 Å². The third kappa shape index (κ3) is 2.84. The Bertz CT molecular complexity index is 1070. The molecule has 3 aromatic rings. The van der Waals surface area contributed by atoms with Crippen molar-refractivity contribution in [3.63, 3.8) is 0 Å². The summed E-state index contributed by atoms with van der Waals surface area (Å²) in [4.78, 5) is 1.06. The first-order valence-electron chi connectivity index (χ1n) is 8.57. The second-order valence-corrected chi connectivity index (χ2v) is 7.12. The zero-order valence-electron chi connectivity index (χ0n) is 14.9. The van der Waals surface area contributed by atoms with Gasteiger partial charge in [-0.2, -0.15) is 5.26 Å². The van der Waals surface area contributed by atoms with Gasteiger partial charge >= 0.3 is 0 Å². The molecule has 1 aliphatic heterocycles. The van der Waals surface area contributed by atoms with Crippen molar-refractivity contribution in [2.24, 2.45) is 5.73 Å². The van der Waals surface area contributed by atoms with E-state index in [0.29, 0.717) is 18.1 Å². The average molecular weight is 378 g/mol. The Morgan fingerprint density at radius 1 is 1.41 bits per heavy atom. The number of benzene rings is 1. The SMILES string of the molecule is CCOc1cccc(-c2[nH]nc3c2C(c2sccc2C)C(C#N)=C(N)O3)c1. The predicted molar refractivity (Wildman–Crippen MR) is 104 cm³/mol. The number of thiophene rings is 1. The summed E-state index contributed by atoms with van der Waals surface area (Å²) < 4.78 is 11.3. The van der Waals surface area contributed by atoms with Crippen LogP contribution in [0, 0.1) is 18.3 Å². The van der Waals surface area contributed by atoms with E-state index in [2.05, 4.69) is 16.3 Å². The summed E-state index contributed by atoms with van der Waals surface area (Å²) in [6.45, 7) is 4.56. The average Bonchev–Trinajstić information content (AvgIpc) is 3.27. The molecule has 3 heterocycles. The van der Waals surface area contributed by atoms with Crippen LogP contribution in [0.25, 0.3) is 11.3 Å². The Hall–Kier alpha value is -3.24. The first-order chi connectivity index (χ1) is 13.1. The van der Waals surface area contributed by atoms with Gasteiger partial charge in [0, 0.05) is 10.4 Å². The maximum absolute atomic E-state index is 9.75. The number of hydrogen-bond acceptors (Lipinski definition) is 6. The van der Waals surface area contributed by atoms with Gasteiger partial charge in [-0.25, -0.2) is 0 Å². The minimum absolute atomic E-state index is 0.101. The van der Waals surface area contributed by atoms with Gasteiger partial charge in [0.05, 0.1) is 23.8 Å². The van der Waals surface area contributed by atoms with Crippen LogP contribution in [0.4, 0.5) is 0 Å². The number of nitrogens with two attached hydrogens (primary N) is 1. The van der Waals surface area contributed by atoms with Crippen molar-refractivity contribution in [3.8, 4) is 29.0 Å². The highest BCUT2D eigenvalue weighted by Gasteiger charge is 2.36. The number of ether oxygens (including phenoxy) is 2. The maximum Gasteiger partial charge on any atom is 0.244 e. The zero-order chi connectivity index (χ0) is 19.0. The Labute approximate surface area is 160 Å². The Balaban J connectivity index is 1.91. The second kappa shape index (κ2) is 6.82. The van der Waals surface area contributed by atoms with E-state index in [4.69, 9.17) is 15.2 Å². The van der Waals surface area contributed by atoms with Crippen molar-refractivity contribution in [1.29, 1.82) is 5.26 Å². The fraction of sp³-hybridized carbons (Fsp3) is 0.200. The lowest BCUT2D eigenvalue weighted by Crippen LogP contribution is -2.20. The third-order valence-electron chi connectivity index (χ3n) is 4.54. The minimum atomic E-state index is -0.316. The number of rotatable bonds is 4. The Kier molecular flexibility index (Phi) is 4.34. The van der Waals surface area contributed by atoms with E-state index in [-0.39, 0.29) is 11.8 Å². The summed E-state index contributed by atoms with van der Waals surface area (Å²) in [5, 5.41) is 19.1. The second-order valence-electron chi connectivity index (χ2n) is 6.17. The summed E-state index contributed by atoms with van der Waals surface area (Å²) >= 11 is 1.60. The number of aryl methyl sites for hydroxylation is 1. The lowest BCUT2D eigenvalue weighted by molar-refractivity contribution is 0.340. The highest BCUT2D eigenvalue weighted by molar-refractivity contribution is 7.10. The first kappa shape index (κ1) is 17.2. The van der Waals surface area contributed by atoms with Crippen molar-refractivity contribution in [2.45, 2.75) is 19.8 Å². The van der Waals surface area contributed by atoms with Crippen LogP contribution in [0.3, 0.4) is 0 Å². The van der Waals surface area contributed by atoms with Crippen molar-refractivity contribution in [3.05, 3.63) is 63.2 Å². The molecule has 0 saturated carbocycles. The normalized spacial score (nSPS) is 15.8. The number of nitrogens with one attached hydrogen (secondary N) is 1. The molecule has 3 N–H and O–H groups in total. The number of allylic oxidation sites excluding steroid dienone is 1. The number of nitriles is 1. The maximum atomic E-state index is 9.75. The molecule has 6 nitrogen and oxygen atoms in total. The highest BCUT2D eigenvalue weighted by atomic mass is 32.1. The highest BCUT2D eigenvalue weighted by Crippen LogP contribution is 2.47. The van der Waals surface area contributed by atoms with Crippen LogP contribution in [0.1, 0.15) is 28.8 Å². The van der Waals surface area contributed by atoms with Gasteiger partial charge in [-0.05, 0) is 43.0 Å². The number of aromatic amines is 1. The Morgan fingerprint density at radius 2 is 2.26 bits per heavy atom. The van der Waals surface area contributed by atoms with E-state index < -0.39 is 0 Å². The fourth-order valence-electron chi connectivity index (χ4n) is 3.32. The molecule has 0 radical (unpaired) electrons. The van der Waals surface area contributed by atoms with Crippen molar-refractivity contribution < 1.29 is 9.47 Å². The largest absolute Gasteiger partial charge is 0.494 e. The zero-order valence-corrected chi connectivity index (χ0v) is 15.8. The summed E-state index contributed by atoms with van der Waals surface area (Å²) in [7, 11) is 0. The molecule has 1 aromatic carbocycles. The van der Waals surface area contributed by atoms with Crippen LogP contribution < -0.4 is 15.2 Å². The van der Waals surface area contributed by atoms with E-state index in [9.17, 15) is 5.26 Å². The third-order valence-corrected chi connectivity index (χ3v) is 5.62. The Morgan fingerprint density at radius 3 is 2.96 bits per heavy atom. The summed E-state index contributed by atoms with van der Waals surface area (Å²) in [6, 6.07) is 12.0. The molecule has 1 unspecified atom stereocenters. The summed E-state index contributed by atoms with van der Waals surface area (Å²) in [6.07, 6.45) is 0. The molecule has 0 bridgehead atoms. The number of hydrogen-bond donors (Lipinski definition) is 2. The van der Waals surface area contributed by atoms with Gasteiger partial charge in [0.1, 0.15) is 17.4 Å². The van der Waals surface area contributed by atoms with E-state index in [0.717, 1.165) is 33.0 Å². The molecular formula is C20H18N4O2S. The molecule has 0 amide bonds.